The quantitative estimate of drug-likeness (QED) is 0.815. The highest BCUT2D eigenvalue weighted by Crippen LogP contribution is 2.19. The summed E-state index contributed by atoms with van der Waals surface area (Å²) in [6.07, 6.45) is 3.00. The molecule has 18 heavy (non-hydrogen) atoms. The Morgan fingerprint density at radius 1 is 1.33 bits per heavy atom. The Morgan fingerprint density at radius 2 is 2.00 bits per heavy atom. The Bertz CT molecular complexity index is 302. The summed E-state index contributed by atoms with van der Waals surface area (Å²) < 4.78 is 0. The monoisotopic (exact) mass is 254 g/mol. The van der Waals surface area contributed by atoms with E-state index in [9.17, 15) is 9.59 Å². The first kappa shape index (κ1) is 15.0. The number of hydrogen-bond acceptors (Lipinski definition) is 2. The van der Waals surface area contributed by atoms with Gasteiger partial charge in [0.25, 0.3) is 0 Å². The van der Waals surface area contributed by atoms with E-state index in [-0.39, 0.29) is 23.9 Å². The summed E-state index contributed by atoms with van der Waals surface area (Å²) in [5, 5.41) is 2.85. The van der Waals surface area contributed by atoms with E-state index >= 15 is 0 Å². The molecular weight excluding hydrogens is 228 g/mol. The van der Waals surface area contributed by atoms with Crippen LogP contribution in [-0.4, -0.2) is 35.3 Å². The lowest BCUT2D eigenvalue weighted by molar-refractivity contribution is -0.136. The van der Waals surface area contributed by atoms with Gasteiger partial charge >= 0.3 is 0 Å². The van der Waals surface area contributed by atoms with Crippen molar-refractivity contribution in [1.29, 1.82) is 0 Å². The second-order valence-electron chi connectivity index (χ2n) is 5.41. The fraction of sp³-hybridized carbons (Fsp3) is 0.857. The van der Waals surface area contributed by atoms with Crippen LogP contribution in [0.5, 0.6) is 0 Å². The summed E-state index contributed by atoms with van der Waals surface area (Å²) in [7, 11) is 0. The van der Waals surface area contributed by atoms with Gasteiger partial charge in [-0.15, -0.1) is 0 Å². The van der Waals surface area contributed by atoms with Gasteiger partial charge in [0, 0.05) is 19.0 Å². The molecule has 0 aromatic heterocycles. The lowest BCUT2D eigenvalue weighted by Crippen LogP contribution is -2.49. The summed E-state index contributed by atoms with van der Waals surface area (Å²) in [6.45, 7) is 8.97. The van der Waals surface area contributed by atoms with Crippen molar-refractivity contribution in [3.63, 3.8) is 0 Å². The average Bonchev–Trinajstić information content (AvgIpc) is 2.43. The van der Waals surface area contributed by atoms with Gasteiger partial charge < -0.3 is 10.2 Å². The van der Waals surface area contributed by atoms with E-state index in [1.165, 1.54) is 0 Å². The van der Waals surface area contributed by atoms with Gasteiger partial charge in [-0.2, -0.15) is 0 Å². The number of rotatable bonds is 5. The van der Waals surface area contributed by atoms with E-state index in [2.05, 4.69) is 26.1 Å². The highest BCUT2D eigenvalue weighted by molar-refractivity contribution is 5.90. The number of carbonyl (C=O) groups is 2. The number of carbonyl (C=O) groups excluding carboxylic acids is 2. The molecule has 0 aromatic rings. The van der Waals surface area contributed by atoms with Crippen LogP contribution in [0.4, 0.5) is 0 Å². The number of nitrogens with one attached hydrogen (secondary N) is 1. The number of nitrogens with zero attached hydrogens (tertiary/aromatic N) is 1. The minimum atomic E-state index is -0.321. The molecular formula is C14H26N2O2. The molecule has 0 bridgehead atoms. The summed E-state index contributed by atoms with van der Waals surface area (Å²) >= 11 is 0. The van der Waals surface area contributed by atoms with E-state index in [0.717, 1.165) is 19.3 Å². The fourth-order valence-electron chi connectivity index (χ4n) is 2.73. The van der Waals surface area contributed by atoms with Gasteiger partial charge in [-0.25, -0.2) is 0 Å². The molecule has 4 nitrogen and oxygen atoms in total. The Balaban J connectivity index is 2.88. The van der Waals surface area contributed by atoms with Crippen LogP contribution < -0.4 is 5.32 Å². The second-order valence-corrected chi connectivity index (χ2v) is 5.41. The van der Waals surface area contributed by atoms with E-state index in [0.29, 0.717) is 18.9 Å². The van der Waals surface area contributed by atoms with Gasteiger partial charge in [0.15, 0.2) is 0 Å². The Hall–Kier alpha value is -1.06. The maximum absolute atomic E-state index is 12.5. The third-order valence-corrected chi connectivity index (χ3v) is 3.66. The first-order valence-electron chi connectivity index (χ1n) is 7.11. The van der Waals surface area contributed by atoms with Crippen LogP contribution in [0, 0.1) is 5.92 Å². The number of hydrogen-bond donors (Lipinski definition) is 1. The topological polar surface area (TPSA) is 49.4 Å². The second kappa shape index (κ2) is 6.76. The van der Waals surface area contributed by atoms with Gasteiger partial charge in [0.2, 0.25) is 11.8 Å². The zero-order valence-electron chi connectivity index (χ0n) is 12.0. The molecule has 1 saturated heterocycles. The third kappa shape index (κ3) is 3.47. The minimum Gasteiger partial charge on any atom is -0.344 e. The molecule has 1 fully saturated rings. The molecule has 2 amide bonds. The van der Waals surface area contributed by atoms with Crippen LogP contribution in [0.3, 0.4) is 0 Å². The molecule has 1 rings (SSSR count). The van der Waals surface area contributed by atoms with Crippen molar-refractivity contribution in [2.24, 2.45) is 5.92 Å². The lowest BCUT2D eigenvalue weighted by Gasteiger charge is -2.34. The summed E-state index contributed by atoms with van der Waals surface area (Å²) in [5.74, 6) is 0.528. The van der Waals surface area contributed by atoms with Gasteiger partial charge in [-0.05, 0) is 18.8 Å². The van der Waals surface area contributed by atoms with Gasteiger partial charge in [-0.1, -0.05) is 34.1 Å². The van der Waals surface area contributed by atoms with E-state index in [4.69, 9.17) is 0 Å². The van der Waals surface area contributed by atoms with Gasteiger partial charge in [0.1, 0.15) is 6.04 Å². The molecule has 1 N–H and O–H groups in total. The fourth-order valence-corrected chi connectivity index (χ4v) is 2.73. The molecule has 2 atom stereocenters. The van der Waals surface area contributed by atoms with Crippen molar-refractivity contribution in [2.75, 3.05) is 6.54 Å². The summed E-state index contributed by atoms with van der Waals surface area (Å²) in [5.41, 5.74) is 0. The lowest BCUT2D eigenvalue weighted by atomic mass is 9.98. The van der Waals surface area contributed by atoms with Crippen LogP contribution in [0.15, 0.2) is 0 Å². The smallest absolute Gasteiger partial charge is 0.245 e. The van der Waals surface area contributed by atoms with Crippen molar-refractivity contribution < 1.29 is 9.59 Å². The molecule has 0 aliphatic carbocycles. The van der Waals surface area contributed by atoms with Crippen molar-refractivity contribution in [3.8, 4) is 0 Å². The normalized spacial score (nSPS) is 22.9. The van der Waals surface area contributed by atoms with Gasteiger partial charge in [0.05, 0.1) is 0 Å². The van der Waals surface area contributed by atoms with Crippen molar-refractivity contribution >= 4 is 11.8 Å². The molecule has 2 unspecified atom stereocenters. The van der Waals surface area contributed by atoms with E-state index in [1.807, 2.05) is 11.8 Å². The molecule has 1 aliphatic heterocycles. The van der Waals surface area contributed by atoms with Crippen LogP contribution >= 0.6 is 0 Å². The third-order valence-electron chi connectivity index (χ3n) is 3.66. The highest BCUT2D eigenvalue weighted by Gasteiger charge is 2.33. The zero-order valence-corrected chi connectivity index (χ0v) is 12.0. The predicted molar refractivity (Wildman–Crippen MR) is 72.1 cm³/mol. The van der Waals surface area contributed by atoms with Crippen LogP contribution in [-0.2, 0) is 9.59 Å². The Kier molecular flexibility index (Phi) is 5.63. The molecule has 104 valence electrons. The molecule has 0 spiro atoms. The zero-order chi connectivity index (χ0) is 13.7. The van der Waals surface area contributed by atoms with Crippen molar-refractivity contribution in [3.05, 3.63) is 0 Å². The minimum absolute atomic E-state index is 0.00269. The maximum atomic E-state index is 12.5. The Morgan fingerprint density at radius 3 is 2.50 bits per heavy atom. The SMILES string of the molecule is CCCC1NC(=O)CCN(C(CC)C(C)C)C1=O. The average molecular weight is 254 g/mol. The van der Waals surface area contributed by atoms with E-state index in [1.54, 1.807) is 0 Å². The first-order chi connectivity index (χ1) is 8.51. The molecule has 1 aliphatic rings. The molecule has 0 saturated carbocycles. The van der Waals surface area contributed by atoms with Crippen LogP contribution in [0.2, 0.25) is 0 Å². The summed E-state index contributed by atoms with van der Waals surface area (Å²) in [6, 6.07) is -0.0812. The molecule has 0 aromatic carbocycles. The molecule has 4 heteroatoms. The molecule has 0 radical (unpaired) electrons. The molecule has 1 heterocycles. The van der Waals surface area contributed by atoms with Crippen LogP contribution in [0.25, 0.3) is 0 Å². The number of amides is 2. The summed E-state index contributed by atoms with van der Waals surface area (Å²) in [4.78, 5) is 26.1. The predicted octanol–water partition coefficient (Wildman–Crippen LogP) is 1.94. The standard InChI is InChI=1S/C14H26N2O2/c1-5-7-11-14(18)16(9-8-13(17)15-11)12(6-2)10(3)4/h10-12H,5-9H2,1-4H3,(H,15,17). The van der Waals surface area contributed by atoms with E-state index < -0.39 is 0 Å². The van der Waals surface area contributed by atoms with Crippen molar-refractivity contribution in [1.82, 2.24) is 10.2 Å². The van der Waals surface area contributed by atoms with Gasteiger partial charge in [-0.3, -0.25) is 9.59 Å². The highest BCUT2D eigenvalue weighted by atomic mass is 16.2. The Labute approximate surface area is 110 Å². The van der Waals surface area contributed by atoms with Crippen LogP contribution in [0.1, 0.15) is 53.4 Å². The first-order valence-corrected chi connectivity index (χ1v) is 7.11. The largest absolute Gasteiger partial charge is 0.344 e. The van der Waals surface area contributed by atoms with Crippen molar-refractivity contribution in [2.45, 2.75) is 65.5 Å². The maximum Gasteiger partial charge on any atom is 0.245 e.